The van der Waals surface area contributed by atoms with E-state index in [0.29, 0.717) is 39.7 Å². The number of benzene rings is 3. The smallest absolute Gasteiger partial charge is 0.331 e. The van der Waals surface area contributed by atoms with E-state index in [1.807, 2.05) is 0 Å². The van der Waals surface area contributed by atoms with Gasteiger partial charge in [-0.3, -0.25) is 9.59 Å². The lowest BCUT2D eigenvalue weighted by Crippen LogP contribution is -2.61. The first kappa shape index (κ1) is 28.3. The van der Waals surface area contributed by atoms with Crippen LogP contribution in [0.1, 0.15) is 13.8 Å². The van der Waals surface area contributed by atoms with Gasteiger partial charge >= 0.3 is 6.03 Å². The van der Waals surface area contributed by atoms with Crippen LogP contribution in [0.25, 0.3) is 10.9 Å². The molecule has 0 bridgehead atoms. The van der Waals surface area contributed by atoms with Crippen molar-refractivity contribution in [2.24, 2.45) is 5.92 Å². The van der Waals surface area contributed by atoms with Gasteiger partial charge in [0.1, 0.15) is 23.8 Å². The predicted octanol–water partition coefficient (Wildman–Crippen LogP) is 5.01. The summed E-state index contributed by atoms with van der Waals surface area (Å²) >= 11 is 0. The molecular weight excluding hydrogens is 545 g/mol. The molecule has 2 heterocycles. The lowest BCUT2D eigenvalue weighted by atomic mass is 10.0. The molecule has 216 valence electrons. The standard InChI is InChI=1S/C30H28FN5O6/c1-17(2)35-15-23(29(38)36(30(35)39)20-9-5-18(31)6-10-20)27(37)34-19-7-11-21(12-8-19)42-28-22-13-25(40-3)26(41-4)14-24(22)32-16-33-28/h5-14,16-17,23H,15H2,1-4H3,(H,34,37). The second-order valence-electron chi connectivity index (χ2n) is 9.75. The van der Waals surface area contributed by atoms with E-state index >= 15 is 0 Å². The van der Waals surface area contributed by atoms with Crippen LogP contribution in [0.3, 0.4) is 0 Å². The Bertz CT molecular complexity index is 1650. The molecule has 11 nitrogen and oxygen atoms in total. The van der Waals surface area contributed by atoms with Gasteiger partial charge in [-0.15, -0.1) is 0 Å². The van der Waals surface area contributed by atoms with Gasteiger partial charge in [-0.1, -0.05) is 0 Å². The number of imide groups is 1. The number of aromatic nitrogens is 2. The Hall–Kier alpha value is -5.26. The Labute approximate surface area is 240 Å². The van der Waals surface area contributed by atoms with Crippen molar-refractivity contribution in [3.05, 3.63) is 72.8 Å². The van der Waals surface area contributed by atoms with Crippen molar-refractivity contribution >= 4 is 40.1 Å². The SMILES string of the molecule is COc1cc2ncnc(Oc3ccc(NC(=O)C4CN(C(C)C)C(=O)N(c5ccc(F)cc5)C4=O)cc3)c2cc1OC. The summed E-state index contributed by atoms with van der Waals surface area (Å²) in [5, 5.41) is 3.36. The maximum Gasteiger partial charge on any atom is 0.331 e. The highest BCUT2D eigenvalue weighted by atomic mass is 19.1. The zero-order chi connectivity index (χ0) is 30.0. The molecule has 42 heavy (non-hydrogen) atoms. The third kappa shape index (κ3) is 5.51. The summed E-state index contributed by atoms with van der Waals surface area (Å²) in [6, 6.07) is 14.1. The highest BCUT2D eigenvalue weighted by Crippen LogP contribution is 2.36. The predicted molar refractivity (Wildman–Crippen MR) is 152 cm³/mol. The van der Waals surface area contributed by atoms with Crippen LogP contribution < -0.4 is 24.4 Å². The number of urea groups is 1. The summed E-state index contributed by atoms with van der Waals surface area (Å²) in [7, 11) is 3.06. The number of methoxy groups -OCH3 is 2. The monoisotopic (exact) mass is 573 g/mol. The van der Waals surface area contributed by atoms with E-state index in [4.69, 9.17) is 14.2 Å². The Morgan fingerprint density at radius 1 is 0.976 bits per heavy atom. The summed E-state index contributed by atoms with van der Waals surface area (Å²) in [6.07, 6.45) is 1.37. The normalized spacial score (nSPS) is 15.2. The maximum absolute atomic E-state index is 13.5. The average Bonchev–Trinajstić information content (AvgIpc) is 2.98. The van der Waals surface area contributed by atoms with Gasteiger partial charge < -0.3 is 24.4 Å². The van der Waals surface area contributed by atoms with Crippen LogP contribution in [0.4, 0.5) is 20.6 Å². The fourth-order valence-corrected chi connectivity index (χ4v) is 4.57. The van der Waals surface area contributed by atoms with Crippen molar-refractivity contribution in [1.29, 1.82) is 0 Å². The molecular formula is C30H28FN5O6. The molecule has 1 unspecified atom stereocenters. The van der Waals surface area contributed by atoms with Crippen LogP contribution in [0.5, 0.6) is 23.1 Å². The Morgan fingerprint density at radius 2 is 1.64 bits per heavy atom. The largest absolute Gasteiger partial charge is 0.493 e. The molecule has 3 aromatic carbocycles. The van der Waals surface area contributed by atoms with Crippen LogP contribution in [-0.4, -0.2) is 59.5 Å². The van der Waals surface area contributed by atoms with Crippen molar-refractivity contribution in [2.45, 2.75) is 19.9 Å². The number of carbonyl (C=O) groups is 3. The van der Waals surface area contributed by atoms with E-state index in [1.54, 1.807) is 50.2 Å². The van der Waals surface area contributed by atoms with Gasteiger partial charge in [0.15, 0.2) is 11.5 Å². The van der Waals surface area contributed by atoms with Gasteiger partial charge in [-0.2, -0.15) is 0 Å². The molecule has 0 spiro atoms. The molecule has 0 saturated carbocycles. The summed E-state index contributed by atoms with van der Waals surface area (Å²) in [5.41, 5.74) is 1.20. The average molecular weight is 574 g/mol. The minimum absolute atomic E-state index is 0.0882. The molecule has 5 rings (SSSR count). The lowest BCUT2D eigenvalue weighted by Gasteiger charge is -2.39. The number of hydrogen-bond acceptors (Lipinski definition) is 8. The van der Waals surface area contributed by atoms with E-state index in [-0.39, 0.29) is 18.3 Å². The number of hydrogen-bond donors (Lipinski definition) is 1. The Morgan fingerprint density at radius 3 is 2.29 bits per heavy atom. The summed E-state index contributed by atoms with van der Waals surface area (Å²) in [6.45, 7) is 3.49. The summed E-state index contributed by atoms with van der Waals surface area (Å²) < 4.78 is 30.2. The first-order chi connectivity index (χ1) is 20.2. The molecule has 4 amide bonds. The zero-order valence-corrected chi connectivity index (χ0v) is 23.3. The van der Waals surface area contributed by atoms with Crippen molar-refractivity contribution in [3.63, 3.8) is 0 Å². The van der Waals surface area contributed by atoms with Gasteiger partial charge in [0, 0.05) is 24.3 Å². The number of ether oxygens (including phenoxy) is 3. The van der Waals surface area contributed by atoms with E-state index in [0.717, 1.165) is 17.0 Å². The number of fused-ring (bicyclic) bond motifs is 1. The number of halogens is 1. The molecule has 1 fully saturated rings. The van der Waals surface area contributed by atoms with Crippen LogP contribution >= 0.6 is 0 Å². The Balaban J connectivity index is 1.33. The van der Waals surface area contributed by atoms with E-state index < -0.39 is 29.6 Å². The highest BCUT2D eigenvalue weighted by molar-refractivity contribution is 6.23. The Kier molecular flexibility index (Phi) is 7.87. The van der Waals surface area contributed by atoms with Gasteiger partial charge in [-0.05, 0) is 68.4 Å². The minimum Gasteiger partial charge on any atom is -0.493 e. The van der Waals surface area contributed by atoms with Crippen LogP contribution in [0, 0.1) is 11.7 Å². The first-order valence-corrected chi connectivity index (χ1v) is 13.1. The summed E-state index contributed by atoms with van der Waals surface area (Å²) in [5.74, 6) is -1.20. The van der Waals surface area contributed by atoms with Gasteiger partial charge in [0.25, 0.3) is 0 Å². The van der Waals surface area contributed by atoms with Gasteiger partial charge in [-0.25, -0.2) is 24.1 Å². The number of nitrogens with one attached hydrogen (secondary N) is 1. The number of nitrogens with zero attached hydrogens (tertiary/aromatic N) is 4. The molecule has 1 saturated heterocycles. The quantitative estimate of drug-likeness (QED) is 0.292. The number of anilines is 2. The van der Waals surface area contributed by atoms with Crippen LogP contribution in [0.15, 0.2) is 67.0 Å². The molecule has 1 aliphatic heterocycles. The number of carbonyl (C=O) groups excluding carboxylic acids is 3. The van der Waals surface area contributed by atoms with Crippen LogP contribution in [-0.2, 0) is 9.59 Å². The lowest BCUT2D eigenvalue weighted by molar-refractivity contribution is -0.132. The molecule has 12 heteroatoms. The first-order valence-electron chi connectivity index (χ1n) is 13.1. The minimum atomic E-state index is -1.18. The van der Waals surface area contributed by atoms with E-state index in [1.165, 1.54) is 37.6 Å². The summed E-state index contributed by atoms with van der Waals surface area (Å²) in [4.78, 5) is 50.6. The second-order valence-corrected chi connectivity index (χ2v) is 9.75. The number of rotatable bonds is 8. The van der Waals surface area contributed by atoms with Crippen molar-refractivity contribution < 1.29 is 33.0 Å². The van der Waals surface area contributed by atoms with Crippen molar-refractivity contribution in [1.82, 2.24) is 14.9 Å². The van der Waals surface area contributed by atoms with E-state index in [2.05, 4.69) is 15.3 Å². The third-order valence-corrected chi connectivity index (χ3v) is 6.80. The number of amides is 4. The second kappa shape index (κ2) is 11.7. The topological polar surface area (TPSA) is 123 Å². The fourth-order valence-electron chi connectivity index (χ4n) is 4.57. The molecule has 4 aromatic rings. The maximum atomic E-state index is 13.5. The van der Waals surface area contributed by atoms with Crippen molar-refractivity contribution in [3.8, 4) is 23.1 Å². The molecule has 1 aromatic heterocycles. The molecule has 1 atom stereocenters. The molecule has 0 radical (unpaired) electrons. The molecule has 0 aliphatic carbocycles. The van der Waals surface area contributed by atoms with E-state index in [9.17, 15) is 18.8 Å². The fraction of sp³-hybridized carbons (Fsp3) is 0.233. The van der Waals surface area contributed by atoms with Crippen LogP contribution in [0.2, 0.25) is 0 Å². The molecule has 1 aliphatic rings. The highest BCUT2D eigenvalue weighted by Gasteiger charge is 2.44. The third-order valence-electron chi connectivity index (χ3n) is 6.80. The van der Waals surface area contributed by atoms with Gasteiger partial charge in [0.2, 0.25) is 17.7 Å². The molecule has 1 N–H and O–H groups in total. The van der Waals surface area contributed by atoms with Crippen molar-refractivity contribution in [2.75, 3.05) is 31.0 Å². The zero-order valence-electron chi connectivity index (χ0n) is 23.3. The van der Waals surface area contributed by atoms with Gasteiger partial charge in [0.05, 0.1) is 30.8 Å².